The Morgan fingerprint density at radius 2 is 1.68 bits per heavy atom. The molecular weight excluding hydrogens is 400 g/mol. The van der Waals surface area contributed by atoms with Crippen LogP contribution in [0.5, 0.6) is 0 Å². The first kappa shape index (κ1) is 20.1. The predicted octanol–water partition coefficient (Wildman–Crippen LogP) is 2.25. The molecule has 0 spiro atoms. The molecule has 3 N–H and O–H groups in total. The summed E-state index contributed by atoms with van der Waals surface area (Å²) < 4.78 is 24.1. The summed E-state index contributed by atoms with van der Waals surface area (Å²) in [5.41, 5.74) is 1.65. The topological polar surface area (TPSA) is 107 Å². The van der Waals surface area contributed by atoms with Crippen LogP contribution in [0.1, 0.15) is 11.1 Å². The van der Waals surface area contributed by atoms with Gasteiger partial charge in [0.05, 0.1) is 11.4 Å². The molecule has 9 heteroatoms. The van der Waals surface area contributed by atoms with E-state index in [9.17, 15) is 13.2 Å². The van der Waals surface area contributed by atoms with Crippen LogP contribution in [0.2, 0.25) is 5.02 Å². The second kappa shape index (κ2) is 8.55. The van der Waals surface area contributed by atoms with Crippen LogP contribution in [-0.4, -0.2) is 24.5 Å². The van der Waals surface area contributed by atoms with Gasteiger partial charge in [-0.05, 0) is 41.8 Å². The molecule has 0 radical (unpaired) electrons. The second-order valence-electron chi connectivity index (χ2n) is 6.20. The van der Waals surface area contributed by atoms with E-state index in [1.165, 1.54) is 12.1 Å². The normalized spacial score (nSPS) is 11.4. The van der Waals surface area contributed by atoms with E-state index in [1.54, 1.807) is 41.2 Å². The van der Waals surface area contributed by atoms with Crippen LogP contribution in [0.4, 0.5) is 5.82 Å². The molecule has 0 aliphatic rings. The third-order valence-corrected chi connectivity index (χ3v) is 5.32. The lowest BCUT2D eigenvalue weighted by Crippen LogP contribution is -2.25. The number of nitrogens with one attached hydrogen (secondary N) is 1. The molecule has 3 aromatic rings. The molecule has 1 heterocycles. The molecule has 0 fully saturated rings. The lowest BCUT2D eigenvalue weighted by molar-refractivity contribution is 0.598. The molecule has 0 unspecified atom stereocenters. The van der Waals surface area contributed by atoms with Crippen molar-refractivity contribution < 1.29 is 8.42 Å². The summed E-state index contributed by atoms with van der Waals surface area (Å²) in [5, 5.41) is 8.76. The van der Waals surface area contributed by atoms with E-state index in [0.29, 0.717) is 24.5 Å². The van der Waals surface area contributed by atoms with Gasteiger partial charge in [-0.25, -0.2) is 18.5 Å². The van der Waals surface area contributed by atoms with Crippen LogP contribution in [0.3, 0.4) is 0 Å². The van der Waals surface area contributed by atoms with E-state index in [4.69, 9.17) is 16.7 Å². The summed E-state index contributed by atoms with van der Waals surface area (Å²) in [6.07, 6.45) is 3.80. The Kier molecular flexibility index (Phi) is 6.13. The molecule has 0 aliphatic heterocycles. The summed E-state index contributed by atoms with van der Waals surface area (Å²) in [6.45, 7) is 0.893. The van der Waals surface area contributed by atoms with Crippen LogP contribution in [0.15, 0.2) is 70.6 Å². The minimum absolute atomic E-state index is 0.0685. The van der Waals surface area contributed by atoms with E-state index in [2.05, 4.69) is 10.3 Å². The van der Waals surface area contributed by atoms with Gasteiger partial charge in [0.15, 0.2) is 5.82 Å². The lowest BCUT2D eigenvalue weighted by atomic mass is 10.1. The lowest BCUT2D eigenvalue weighted by Gasteiger charge is -2.09. The first-order valence-electron chi connectivity index (χ1n) is 8.48. The molecule has 7 nitrogen and oxygen atoms in total. The maximum absolute atomic E-state index is 12.6. The average Bonchev–Trinajstić information content (AvgIpc) is 2.66. The SMILES string of the molecule is NS(=O)(=O)c1ccc(CCNc2nccn(Cc3ccc(Cl)cc3)c2=O)cc1. The number of nitrogens with two attached hydrogens (primary N) is 1. The number of nitrogens with zero attached hydrogens (tertiary/aromatic N) is 2. The van der Waals surface area contributed by atoms with Crippen molar-refractivity contribution in [2.75, 3.05) is 11.9 Å². The quantitative estimate of drug-likeness (QED) is 0.611. The van der Waals surface area contributed by atoms with Crippen LogP contribution >= 0.6 is 11.6 Å². The Bertz CT molecular complexity index is 1110. The Hall–Kier alpha value is -2.68. The maximum Gasteiger partial charge on any atom is 0.293 e. The van der Waals surface area contributed by atoms with E-state index >= 15 is 0 Å². The van der Waals surface area contributed by atoms with Crippen LogP contribution in [0.25, 0.3) is 0 Å². The van der Waals surface area contributed by atoms with E-state index < -0.39 is 10.0 Å². The van der Waals surface area contributed by atoms with Crippen LogP contribution in [-0.2, 0) is 23.0 Å². The van der Waals surface area contributed by atoms with Crippen LogP contribution < -0.4 is 16.0 Å². The number of sulfonamides is 1. The number of anilines is 1. The van der Waals surface area contributed by atoms with Gasteiger partial charge in [-0.15, -0.1) is 0 Å². The summed E-state index contributed by atoms with van der Waals surface area (Å²) >= 11 is 5.89. The van der Waals surface area contributed by atoms with Crippen molar-refractivity contribution in [1.29, 1.82) is 0 Å². The minimum Gasteiger partial charge on any atom is -0.365 e. The number of primary sulfonamides is 1. The molecule has 2 aromatic carbocycles. The van der Waals surface area contributed by atoms with E-state index in [0.717, 1.165) is 11.1 Å². The molecule has 0 bridgehead atoms. The molecule has 146 valence electrons. The number of hydrogen-bond donors (Lipinski definition) is 2. The van der Waals surface area contributed by atoms with Gasteiger partial charge in [0.2, 0.25) is 10.0 Å². The largest absolute Gasteiger partial charge is 0.365 e. The molecule has 28 heavy (non-hydrogen) atoms. The molecule has 0 saturated carbocycles. The maximum atomic E-state index is 12.6. The average molecular weight is 419 g/mol. The van der Waals surface area contributed by atoms with Gasteiger partial charge < -0.3 is 9.88 Å². The number of hydrogen-bond acceptors (Lipinski definition) is 5. The van der Waals surface area contributed by atoms with Gasteiger partial charge in [-0.1, -0.05) is 35.9 Å². The summed E-state index contributed by atoms with van der Waals surface area (Å²) in [7, 11) is -3.70. The minimum atomic E-state index is -3.70. The van der Waals surface area contributed by atoms with Crippen molar-refractivity contribution in [3.8, 4) is 0 Å². The fraction of sp³-hybridized carbons (Fsp3) is 0.158. The highest BCUT2D eigenvalue weighted by Crippen LogP contribution is 2.11. The highest BCUT2D eigenvalue weighted by atomic mass is 35.5. The predicted molar refractivity (Wildman–Crippen MR) is 109 cm³/mol. The zero-order valence-electron chi connectivity index (χ0n) is 14.9. The Morgan fingerprint density at radius 1 is 1.04 bits per heavy atom. The molecule has 0 saturated heterocycles. The van der Waals surface area contributed by atoms with Crippen molar-refractivity contribution in [2.24, 2.45) is 5.14 Å². The number of aromatic nitrogens is 2. The van der Waals surface area contributed by atoms with Gasteiger partial charge in [0, 0.05) is 24.0 Å². The number of rotatable bonds is 7. The molecule has 0 atom stereocenters. The van der Waals surface area contributed by atoms with Crippen molar-refractivity contribution in [2.45, 2.75) is 17.9 Å². The van der Waals surface area contributed by atoms with Gasteiger partial charge in [-0.3, -0.25) is 4.79 Å². The first-order valence-corrected chi connectivity index (χ1v) is 10.4. The fourth-order valence-electron chi connectivity index (χ4n) is 2.65. The van der Waals surface area contributed by atoms with E-state index in [-0.39, 0.29) is 16.3 Å². The number of halogens is 1. The molecule has 0 aliphatic carbocycles. The van der Waals surface area contributed by atoms with Crippen molar-refractivity contribution in [3.63, 3.8) is 0 Å². The Balaban J connectivity index is 1.63. The second-order valence-corrected chi connectivity index (χ2v) is 8.20. The molecule has 0 amide bonds. The van der Waals surface area contributed by atoms with Gasteiger partial charge >= 0.3 is 0 Å². The smallest absolute Gasteiger partial charge is 0.293 e. The standard InChI is InChI=1S/C19H19ClN4O3S/c20-16-5-1-15(2-6-16)13-24-12-11-23-18(19(24)25)22-10-9-14-3-7-17(8-4-14)28(21,26)27/h1-8,11-12H,9-10,13H2,(H,22,23)(H2,21,26,27). The van der Waals surface area contributed by atoms with Crippen LogP contribution in [0, 0.1) is 0 Å². The molecule has 3 rings (SSSR count). The zero-order valence-corrected chi connectivity index (χ0v) is 16.4. The Labute approximate surface area is 167 Å². The molecular formula is C19H19ClN4O3S. The Morgan fingerprint density at radius 3 is 2.32 bits per heavy atom. The van der Waals surface area contributed by atoms with Gasteiger partial charge in [-0.2, -0.15) is 0 Å². The monoisotopic (exact) mass is 418 g/mol. The summed E-state index contributed by atoms with van der Waals surface area (Å²) in [5.74, 6) is 0.262. The highest BCUT2D eigenvalue weighted by molar-refractivity contribution is 7.89. The third-order valence-electron chi connectivity index (χ3n) is 4.14. The van der Waals surface area contributed by atoms with Crippen molar-refractivity contribution >= 4 is 27.4 Å². The van der Waals surface area contributed by atoms with Gasteiger partial charge in [0.25, 0.3) is 5.56 Å². The van der Waals surface area contributed by atoms with E-state index in [1.807, 2.05) is 12.1 Å². The summed E-state index contributed by atoms with van der Waals surface area (Å²) in [4.78, 5) is 16.7. The zero-order chi connectivity index (χ0) is 20.1. The first-order chi connectivity index (χ1) is 13.3. The summed E-state index contributed by atoms with van der Waals surface area (Å²) in [6, 6.07) is 13.6. The highest BCUT2D eigenvalue weighted by Gasteiger charge is 2.08. The fourth-order valence-corrected chi connectivity index (χ4v) is 3.29. The molecule has 1 aromatic heterocycles. The van der Waals surface area contributed by atoms with Crippen molar-refractivity contribution in [1.82, 2.24) is 9.55 Å². The van der Waals surface area contributed by atoms with Crippen molar-refractivity contribution in [3.05, 3.63) is 87.4 Å². The van der Waals surface area contributed by atoms with Gasteiger partial charge in [0.1, 0.15) is 0 Å². The number of benzene rings is 2. The third kappa shape index (κ3) is 5.19.